The van der Waals surface area contributed by atoms with Crippen molar-refractivity contribution >= 4 is 5.69 Å². The maximum absolute atomic E-state index is 12.2. The van der Waals surface area contributed by atoms with Crippen LogP contribution in [0.5, 0.6) is 5.75 Å². The van der Waals surface area contributed by atoms with Crippen molar-refractivity contribution in [2.24, 2.45) is 0 Å². The quantitative estimate of drug-likeness (QED) is 0.806. The Kier molecular flexibility index (Phi) is 6.13. The van der Waals surface area contributed by atoms with Crippen molar-refractivity contribution in [2.45, 2.75) is 25.4 Å². The third kappa shape index (κ3) is 5.69. The lowest BCUT2D eigenvalue weighted by Crippen LogP contribution is -2.24. The Bertz CT molecular complexity index is 415. The highest BCUT2D eigenvalue weighted by Gasteiger charge is 2.31. The molecule has 114 valence electrons. The third-order valence-corrected chi connectivity index (χ3v) is 3.07. The molecular weight excluding hydrogens is 269 g/mol. The van der Waals surface area contributed by atoms with Crippen molar-refractivity contribution in [2.75, 3.05) is 33.0 Å². The van der Waals surface area contributed by atoms with Crippen molar-refractivity contribution in [3.63, 3.8) is 0 Å². The molecule has 1 aliphatic heterocycles. The molecule has 0 amide bonds. The molecule has 0 bridgehead atoms. The zero-order valence-electron chi connectivity index (χ0n) is 11.8. The summed E-state index contributed by atoms with van der Waals surface area (Å²) in [6.45, 7) is 2.64. The molecule has 0 aliphatic carbocycles. The molecule has 2 N–H and O–H groups in total. The molecule has 0 spiro atoms. The number of anilines is 1. The van der Waals surface area contributed by atoms with Gasteiger partial charge in [-0.15, -0.1) is 0 Å². The third-order valence-electron chi connectivity index (χ3n) is 3.07. The van der Waals surface area contributed by atoms with Crippen LogP contribution in [0.25, 0.3) is 0 Å². The number of benzene rings is 1. The van der Waals surface area contributed by atoms with Gasteiger partial charge in [0, 0.05) is 11.8 Å². The van der Waals surface area contributed by atoms with E-state index in [1.165, 1.54) is 45.5 Å². The van der Waals surface area contributed by atoms with Crippen LogP contribution in [-0.4, -0.2) is 32.1 Å². The summed E-state index contributed by atoms with van der Waals surface area (Å²) in [7, 11) is 3.48. The smallest absolute Gasteiger partial charge is 0.416 e. The number of nitrogens with zero attached hydrogens (tertiary/aromatic N) is 1. The lowest BCUT2D eigenvalue weighted by molar-refractivity contribution is -0.137. The van der Waals surface area contributed by atoms with Crippen molar-refractivity contribution in [1.29, 1.82) is 0 Å². The van der Waals surface area contributed by atoms with Crippen LogP contribution in [0.3, 0.4) is 0 Å². The first-order chi connectivity index (χ1) is 9.32. The number of hydrogen-bond donors (Lipinski definition) is 1. The summed E-state index contributed by atoms with van der Waals surface area (Å²) in [4.78, 5) is 2.39. The molecule has 20 heavy (non-hydrogen) atoms. The first kappa shape index (κ1) is 16.6. The van der Waals surface area contributed by atoms with Gasteiger partial charge in [0.15, 0.2) is 0 Å². The molecule has 1 aromatic rings. The molecule has 0 unspecified atom stereocenters. The highest BCUT2D eigenvalue weighted by molar-refractivity contribution is 5.48. The first-order valence-electron chi connectivity index (χ1n) is 6.53. The second-order valence-corrected chi connectivity index (χ2v) is 4.86. The van der Waals surface area contributed by atoms with Crippen molar-refractivity contribution in [1.82, 2.24) is 4.90 Å². The fourth-order valence-electron chi connectivity index (χ4n) is 1.96. The molecule has 1 saturated heterocycles. The fraction of sp³-hybridized carbons (Fsp3) is 0.571. The van der Waals surface area contributed by atoms with Gasteiger partial charge in [-0.05, 0) is 45.1 Å². The Hall–Kier alpha value is -1.43. The second kappa shape index (κ2) is 7.38. The van der Waals surface area contributed by atoms with Crippen LogP contribution in [0.15, 0.2) is 18.2 Å². The highest BCUT2D eigenvalue weighted by Crippen LogP contribution is 2.33. The van der Waals surface area contributed by atoms with Crippen LogP contribution >= 0.6 is 0 Å². The van der Waals surface area contributed by atoms with Crippen LogP contribution in [0.1, 0.15) is 24.8 Å². The molecule has 0 radical (unpaired) electrons. The Morgan fingerprint density at radius 1 is 1.10 bits per heavy atom. The van der Waals surface area contributed by atoms with Gasteiger partial charge < -0.3 is 15.4 Å². The number of likely N-dealkylation sites (tertiary alicyclic amines) is 1. The van der Waals surface area contributed by atoms with E-state index in [4.69, 9.17) is 5.73 Å². The minimum atomic E-state index is -4.39. The zero-order valence-corrected chi connectivity index (χ0v) is 11.8. The van der Waals surface area contributed by atoms with E-state index < -0.39 is 11.7 Å². The molecule has 1 aliphatic rings. The van der Waals surface area contributed by atoms with E-state index >= 15 is 0 Å². The number of hydrogen-bond acceptors (Lipinski definition) is 3. The summed E-state index contributed by atoms with van der Waals surface area (Å²) in [5, 5.41) is 0. The lowest BCUT2D eigenvalue weighted by Gasteiger charge is -2.20. The van der Waals surface area contributed by atoms with Crippen molar-refractivity contribution in [3.8, 4) is 5.75 Å². The van der Waals surface area contributed by atoms with Crippen LogP contribution in [0.4, 0.5) is 18.9 Å². The average molecular weight is 290 g/mol. The Morgan fingerprint density at radius 2 is 1.70 bits per heavy atom. The maximum atomic E-state index is 12.2. The number of methoxy groups -OCH3 is 1. The number of piperidine rings is 1. The van der Waals surface area contributed by atoms with Gasteiger partial charge in [-0.1, -0.05) is 6.42 Å². The normalized spacial score (nSPS) is 16.2. The number of nitrogen functional groups attached to an aromatic ring is 1. The topological polar surface area (TPSA) is 38.5 Å². The van der Waals surface area contributed by atoms with E-state index in [1.807, 2.05) is 0 Å². The number of alkyl halides is 3. The molecule has 0 saturated carbocycles. The predicted molar refractivity (Wildman–Crippen MR) is 73.8 cm³/mol. The summed E-state index contributed by atoms with van der Waals surface area (Å²) in [6, 6.07) is 3.09. The van der Waals surface area contributed by atoms with Crippen LogP contribution in [0.2, 0.25) is 0 Å². The molecule has 0 atom stereocenters. The van der Waals surface area contributed by atoms with E-state index in [9.17, 15) is 13.2 Å². The van der Waals surface area contributed by atoms with Gasteiger partial charge in [0.1, 0.15) is 5.75 Å². The van der Waals surface area contributed by atoms with Gasteiger partial charge in [-0.2, -0.15) is 13.2 Å². The van der Waals surface area contributed by atoms with Gasteiger partial charge >= 0.3 is 6.18 Å². The van der Waals surface area contributed by atoms with Gasteiger partial charge in [-0.25, -0.2) is 0 Å². The molecule has 1 aromatic carbocycles. The minimum Gasteiger partial charge on any atom is -0.497 e. The van der Waals surface area contributed by atoms with Crippen LogP contribution < -0.4 is 10.5 Å². The number of ether oxygens (including phenoxy) is 1. The minimum absolute atomic E-state index is 0.0340. The van der Waals surface area contributed by atoms with E-state index in [2.05, 4.69) is 16.7 Å². The van der Waals surface area contributed by atoms with E-state index in [0.29, 0.717) is 0 Å². The SMILES string of the molecule is CN1CCCCC1.COc1cc(N)cc(C(F)(F)F)c1. The zero-order chi connectivity index (χ0) is 15.2. The molecule has 6 heteroatoms. The first-order valence-corrected chi connectivity index (χ1v) is 6.53. The molecule has 0 aromatic heterocycles. The number of halogens is 3. The summed E-state index contributed by atoms with van der Waals surface area (Å²) in [6.07, 6.45) is -0.111. The Morgan fingerprint density at radius 3 is 2.10 bits per heavy atom. The molecular formula is C14H21F3N2O. The molecule has 2 rings (SSSR count). The largest absolute Gasteiger partial charge is 0.497 e. The summed E-state index contributed by atoms with van der Waals surface area (Å²) >= 11 is 0. The van der Waals surface area contributed by atoms with Gasteiger partial charge in [0.05, 0.1) is 12.7 Å². The van der Waals surface area contributed by atoms with Crippen LogP contribution in [0, 0.1) is 0 Å². The fourth-order valence-corrected chi connectivity index (χ4v) is 1.96. The standard InChI is InChI=1S/C8H8F3NO.C6H13N/c1-13-7-3-5(8(9,10)11)2-6(12)4-7;1-7-5-3-2-4-6-7/h2-4H,12H2,1H3;2-6H2,1H3. The molecule has 3 nitrogen and oxygen atoms in total. The summed E-state index contributed by atoms with van der Waals surface area (Å²) < 4.78 is 41.2. The summed E-state index contributed by atoms with van der Waals surface area (Å²) in [5.74, 6) is 0.104. The van der Waals surface area contributed by atoms with Crippen LogP contribution in [-0.2, 0) is 6.18 Å². The van der Waals surface area contributed by atoms with E-state index in [0.717, 1.165) is 12.1 Å². The second-order valence-electron chi connectivity index (χ2n) is 4.86. The van der Waals surface area contributed by atoms with Gasteiger partial charge in [-0.3, -0.25) is 0 Å². The highest BCUT2D eigenvalue weighted by atomic mass is 19.4. The Labute approximate surface area is 117 Å². The average Bonchev–Trinajstić information content (AvgIpc) is 2.38. The molecule has 1 heterocycles. The maximum Gasteiger partial charge on any atom is 0.416 e. The monoisotopic (exact) mass is 290 g/mol. The van der Waals surface area contributed by atoms with Gasteiger partial charge in [0.2, 0.25) is 0 Å². The Balaban J connectivity index is 0.000000240. The van der Waals surface area contributed by atoms with Crippen molar-refractivity contribution < 1.29 is 17.9 Å². The lowest BCUT2D eigenvalue weighted by atomic mass is 10.1. The molecule has 1 fully saturated rings. The summed E-state index contributed by atoms with van der Waals surface area (Å²) in [5.41, 5.74) is 4.48. The van der Waals surface area contributed by atoms with E-state index in [-0.39, 0.29) is 11.4 Å². The van der Waals surface area contributed by atoms with Gasteiger partial charge in [0.25, 0.3) is 0 Å². The van der Waals surface area contributed by atoms with Crippen molar-refractivity contribution in [3.05, 3.63) is 23.8 Å². The van der Waals surface area contributed by atoms with E-state index in [1.54, 1.807) is 0 Å². The predicted octanol–water partition coefficient (Wildman–Crippen LogP) is 3.40. The number of nitrogens with two attached hydrogens (primary N) is 1. The number of rotatable bonds is 1.